The highest BCUT2D eigenvalue weighted by atomic mass is 16.5. The molecule has 1 aromatic carbocycles. The molecule has 1 aromatic heterocycles. The van der Waals surface area contributed by atoms with E-state index < -0.39 is 0 Å². The van der Waals surface area contributed by atoms with Gasteiger partial charge in [-0.15, -0.1) is 0 Å². The summed E-state index contributed by atoms with van der Waals surface area (Å²) in [5, 5.41) is 3.91. The first-order valence-electron chi connectivity index (χ1n) is 8.45. The van der Waals surface area contributed by atoms with E-state index in [9.17, 15) is 4.79 Å². The highest BCUT2D eigenvalue weighted by Gasteiger charge is 2.16. The smallest absolute Gasteiger partial charge is 0.253 e. The molecule has 26 heavy (non-hydrogen) atoms. The number of aryl methyl sites for hydroxylation is 2. The standard InChI is InChI=1S/C19H26N2O5/c1-13-16(14(2)26-20-13)12-25-17-8-7-15(11-18(17)24-5)19(22)21(3)9-6-10-23-4/h7-8,11H,6,9-10,12H2,1-5H3. The van der Waals surface area contributed by atoms with Crippen molar-refractivity contribution in [1.82, 2.24) is 10.1 Å². The van der Waals surface area contributed by atoms with Crippen LogP contribution in [0, 0.1) is 13.8 Å². The number of methoxy groups -OCH3 is 2. The molecular formula is C19H26N2O5. The second-order valence-electron chi connectivity index (χ2n) is 6.03. The topological polar surface area (TPSA) is 74.0 Å². The Bertz CT molecular complexity index is 722. The Morgan fingerprint density at radius 2 is 2.00 bits per heavy atom. The predicted molar refractivity (Wildman–Crippen MR) is 96.8 cm³/mol. The molecule has 0 bridgehead atoms. The lowest BCUT2D eigenvalue weighted by Gasteiger charge is -2.18. The minimum Gasteiger partial charge on any atom is -0.493 e. The SMILES string of the molecule is COCCCN(C)C(=O)c1ccc(OCc2c(C)noc2C)c(OC)c1. The second-order valence-corrected chi connectivity index (χ2v) is 6.03. The first-order chi connectivity index (χ1) is 12.5. The van der Waals surface area contributed by atoms with Gasteiger partial charge in [0.2, 0.25) is 0 Å². The number of carbonyl (C=O) groups excluding carboxylic acids is 1. The zero-order valence-electron chi connectivity index (χ0n) is 16.0. The van der Waals surface area contributed by atoms with Crippen molar-refractivity contribution in [3.8, 4) is 11.5 Å². The van der Waals surface area contributed by atoms with Crippen molar-refractivity contribution in [2.75, 3.05) is 34.4 Å². The fourth-order valence-corrected chi connectivity index (χ4v) is 2.55. The summed E-state index contributed by atoms with van der Waals surface area (Å²) in [6.45, 7) is 5.28. The number of amides is 1. The van der Waals surface area contributed by atoms with Gasteiger partial charge in [-0.25, -0.2) is 0 Å². The minimum atomic E-state index is -0.0725. The van der Waals surface area contributed by atoms with Crippen LogP contribution in [-0.4, -0.2) is 50.4 Å². The Hall–Kier alpha value is -2.54. The maximum atomic E-state index is 12.5. The van der Waals surface area contributed by atoms with Crippen molar-refractivity contribution in [2.45, 2.75) is 26.9 Å². The fraction of sp³-hybridized carbons (Fsp3) is 0.474. The van der Waals surface area contributed by atoms with Gasteiger partial charge in [0.05, 0.1) is 18.4 Å². The first kappa shape index (κ1) is 19.8. The van der Waals surface area contributed by atoms with E-state index in [2.05, 4.69) is 5.16 Å². The Kier molecular flexibility index (Phi) is 7.03. The van der Waals surface area contributed by atoms with E-state index in [0.717, 1.165) is 23.4 Å². The van der Waals surface area contributed by atoms with Crippen molar-refractivity contribution in [1.29, 1.82) is 0 Å². The van der Waals surface area contributed by atoms with Crippen LogP contribution < -0.4 is 9.47 Å². The number of ether oxygens (including phenoxy) is 3. The van der Waals surface area contributed by atoms with Gasteiger partial charge in [0.25, 0.3) is 5.91 Å². The third-order valence-corrected chi connectivity index (χ3v) is 4.15. The van der Waals surface area contributed by atoms with E-state index >= 15 is 0 Å². The van der Waals surface area contributed by atoms with Crippen LogP contribution in [0.15, 0.2) is 22.7 Å². The molecule has 1 amide bonds. The molecule has 2 aromatic rings. The highest BCUT2D eigenvalue weighted by molar-refractivity contribution is 5.94. The summed E-state index contributed by atoms with van der Waals surface area (Å²) in [5.74, 6) is 1.72. The third kappa shape index (κ3) is 4.76. The molecule has 0 spiro atoms. The summed E-state index contributed by atoms with van der Waals surface area (Å²) in [6, 6.07) is 5.17. The van der Waals surface area contributed by atoms with Gasteiger partial charge in [0.1, 0.15) is 12.4 Å². The van der Waals surface area contributed by atoms with Crippen LogP contribution in [0.1, 0.15) is 33.8 Å². The number of rotatable bonds is 9. The Morgan fingerprint density at radius 1 is 1.23 bits per heavy atom. The van der Waals surface area contributed by atoms with Crippen molar-refractivity contribution in [2.24, 2.45) is 0 Å². The summed E-state index contributed by atoms with van der Waals surface area (Å²) < 4.78 is 21.4. The average Bonchev–Trinajstić information content (AvgIpc) is 2.97. The van der Waals surface area contributed by atoms with Gasteiger partial charge in [-0.2, -0.15) is 0 Å². The molecule has 0 atom stereocenters. The predicted octanol–water partition coefficient (Wildman–Crippen LogP) is 2.99. The molecule has 0 unspecified atom stereocenters. The van der Waals surface area contributed by atoms with Crippen molar-refractivity contribution in [3.05, 3.63) is 40.8 Å². The normalized spacial score (nSPS) is 10.7. The van der Waals surface area contributed by atoms with Gasteiger partial charge in [0, 0.05) is 32.9 Å². The number of hydrogen-bond donors (Lipinski definition) is 0. The molecule has 7 heteroatoms. The lowest BCUT2D eigenvalue weighted by Crippen LogP contribution is -2.28. The van der Waals surface area contributed by atoms with E-state index in [-0.39, 0.29) is 5.91 Å². The van der Waals surface area contributed by atoms with Crippen LogP contribution in [-0.2, 0) is 11.3 Å². The maximum absolute atomic E-state index is 12.5. The molecule has 0 aliphatic carbocycles. The lowest BCUT2D eigenvalue weighted by molar-refractivity contribution is 0.0779. The molecule has 0 saturated heterocycles. The number of hydrogen-bond acceptors (Lipinski definition) is 6. The van der Waals surface area contributed by atoms with Gasteiger partial charge < -0.3 is 23.6 Å². The molecular weight excluding hydrogens is 336 g/mol. The quantitative estimate of drug-likeness (QED) is 0.639. The van der Waals surface area contributed by atoms with E-state index in [1.165, 1.54) is 0 Å². The van der Waals surface area contributed by atoms with Crippen LogP contribution in [0.4, 0.5) is 0 Å². The molecule has 0 saturated carbocycles. The van der Waals surface area contributed by atoms with Gasteiger partial charge in [-0.05, 0) is 38.5 Å². The van der Waals surface area contributed by atoms with Crippen LogP contribution in [0.3, 0.4) is 0 Å². The van der Waals surface area contributed by atoms with Crippen molar-refractivity contribution in [3.63, 3.8) is 0 Å². The van der Waals surface area contributed by atoms with Gasteiger partial charge in [-0.1, -0.05) is 5.16 Å². The first-order valence-corrected chi connectivity index (χ1v) is 8.45. The third-order valence-electron chi connectivity index (χ3n) is 4.15. The highest BCUT2D eigenvalue weighted by Crippen LogP contribution is 2.30. The Balaban J connectivity index is 2.08. The molecule has 0 N–H and O–H groups in total. The number of nitrogens with zero attached hydrogens (tertiary/aromatic N) is 2. The maximum Gasteiger partial charge on any atom is 0.253 e. The average molecular weight is 362 g/mol. The van der Waals surface area contributed by atoms with E-state index in [1.807, 2.05) is 13.8 Å². The van der Waals surface area contributed by atoms with Crippen LogP contribution in [0.2, 0.25) is 0 Å². The molecule has 2 rings (SSSR count). The minimum absolute atomic E-state index is 0.0725. The summed E-state index contributed by atoms with van der Waals surface area (Å²) >= 11 is 0. The monoisotopic (exact) mass is 362 g/mol. The van der Waals surface area contributed by atoms with Crippen LogP contribution >= 0.6 is 0 Å². The number of benzene rings is 1. The van der Waals surface area contributed by atoms with Gasteiger partial charge in [0.15, 0.2) is 11.5 Å². The molecule has 142 valence electrons. The van der Waals surface area contributed by atoms with Crippen molar-refractivity contribution >= 4 is 5.91 Å². The zero-order valence-corrected chi connectivity index (χ0v) is 16.0. The summed E-state index contributed by atoms with van der Waals surface area (Å²) in [6.07, 6.45) is 0.786. The zero-order chi connectivity index (χ0) is 19.1. The molecule has 0 radical (unpaired) electrons. The Labute approximate surface area is 153 Å². The number of carbonyl (C=O) groups is 1. The van der Waals surface area contributed by atoms with Crippen LogP contribution in [0.5, 0.6) is 11.5 Å². The van der Waals surface area contributed by atoms with Gasteiger partial charge >= 0.3 is 0 Å². The molecule has 1 heterocycles. The lowest BCUT2D eigenvalue weighted by atomic mass is 10.1. The summed E-state index contributed by atoms with van der Waals surface area (Å²) in [5.41, 5.74) is 2.25. The Morgan fingerprint density at radius 3 is 2.62 bits per heavy atom. The fourth-order valence-electron chi connectivity index (χ4n) is 2.55. The molecule has 0 fully saturated rings. The van der Waals surface area contributed by atoms with Crippen LogP contribution in [0.25, 0.3) is 0 Å². The van der Waals surface area contributed by atoms with E-state index in [4.69, 9.17) is 18.7 Å². The molecule has 0 aliphatic rings. The molecule has 0 aliphatic heterocycles. The van der Waals surface area contributed by atoms with Crippen molar-refractivity contribution < 1.29 is 23.5 Å². The second kappa shape index (κ2) is 9.24. The van der Waals surface area contributed by atoms with Gasteiger partial charge in [-0.3, -0.25) is 4.79 Å². The van der Waals surface area contributed by atoms with E-state index in [0.29, 0.717) is 36.8 Å². The summed E-state index contributed by atoms with van der Waals surface area (Å²) in [7, 11) is 4.97. The largest absolute Gasteiger partial charge is 0.493 e. The molecule has 7 nitrogen and oxygen atoms in total. The number of aromatic nitrogens is 1. The summed E-state index contributed by atoms with van der Waals surface area (Å²) in [4.78, 5) is 14.2. The van der Waals surface area contributed by atoms with E-state index in [1.54, 1.807) is 44.4 Å².